The number of aliphatic hydroxyl groups excluding tert-OH is 1. The van der Waals surface area contributed by atoms with Crippen molar-refractivity contribution in [2.24, 2.45) is 23.2 Å². The van der Waals surface area contributed by atoms with Crippen molar-refractivity contribution in [3.05, 3.63) is 11.6 Å². The highest BCUT2D eigenvalue weighted by Gasteiger charge is 2.43. The van der Waals surface area contributed by atoms with E-state index in [0.29, 0.717) is 17.3 Å². The number of rotatable bonds is 3. The maximum atomic E-state index is 10.1. The Morgan fingerprint density at radius 3 is 2.83 bits per heavy atom. The third kappa shape index (κ3) is 2.39. The molecule has 1 heteroatoms. The van der Waals surface area contributed by atoms with E-state index >= 15 is 0 Å². The second kappa shape index (κ2) is 5.36. The number of fused-ring (bicyclic) bond motifs is 1. The van der Waals surface area contributed by atoms with E-state index in [1.165, 1.54) is 32.1 Å². The van der Waals surface area contributed by atoms with Crippen molar-refractivity contribution in [3.63, 3.8) is 0 Å². The minimum Gasteiger partial charge on any atom is -0.393 e. The van der Waals surface area contributed by atoms with Crippen LogP contribution >= 0.6 is 0 Å². The summed E-state index contributed by atoms with van der Waals surface area (Å²) in [6, 6.07) is 0. The van der Waals surface area contributed by atoms with E-state index in [-0.39, 0.29) is 6.10 Å². The SMILES string of the molecule is CCC(O)C(C)C1CCC2=CCCC(C)C2(C)C1. The molecular weight excluding hydrogens is 220 g/mol. The summed E-state index contributed by atoms with van der Waals surface area (Å²) in [5, 5.41) is 10.1. The number of hydrogen-bond acceptors (Lipinski definition) is 1. The van der Waals surface area contributed by atoms with E-state index in [1.807, 2.05) is 0 Å². The Morgan fingerprint density at radius 1 is 1.44 bits per heavy atom. The zero-order chi connectivity index (χ0) is 13.3. The molecule has 0 aliphatic heterocycles. The Hall–Kier alpha value is -0.300. The fourth-order valence-corrected chi connectivity index (χ4v) is 4.22. The van der Waals surface area contributed by atoms with E-state index in [2.05, 4.69) is 33.8 Å². The largest absolute Gasteiger partial charge is 0.393 e. The molecule has 1 fully saturated rings. The van der Waals surface area contributed by atoms with Gasteiger partial charge in [0.1, 0.15) is 0 Å². The first-order valence-electron chi connectivity index (χ1n) is 7.86. The monoisotopic (exact) mass is 250 g/mol. The van der Waals surface area contributed by atoms with Gasteiger partial charge in [0, 0.05) is 0 Å². The van der Waals surface area contributed by atoms with Crippen molar-refractivity contribution in [2.45, 2.75) is 72.3 Å². The van der Waals surface area contributed by atoms with Crippen LogP contribution in [0.15, 0.2) is 11.6 Å². The standard InChI is InChI=1S/C17H30O/c1-5-16(18)13(3)14-9-10-15-8-6-7-12(2)17(15,4)11-14/h8,12-14,16,18H,5-7,9-11H2,1-4H3. The van der Waals surface area contributed by atoms with Gasteiger partial charge in [-0.15, -0.1) is 0 Å². The average Bonchev–Trinajstić information content (AvgIpc) is 2.37. The van der Waals surface area contributed by atoms with Crippen LogP contribution in [0.2, 0.25) is 0 Å². The van der Waals surface area contributed by atoms with Crippen molar-refractivity contribution in [1.29, 1.82) is 0 Å². The van der Waals surface area contributed by atoms with Crippen LogP contribution in [0.1, 0.15) is 66.2 Å². The third-order valence-corrected chi connectivity index (χ3v) is 6.05. The van der Waals surface area contributed by atoms with Crippen LogP contribution in [0.4, 0.5) is 0 Å². The molecule has 0 amide bonds. The first kappa shape index (κ1) is 14.1. The molecule has 2 rings (SSSR count). The molecule has 0 saturated heterocycles. The summed E-state index contributed by atoms with van der Waals surface area (Å²) >= 11 is 0. The fourth-order valence-electron chi connectivity index (χ4n) is 4.22. The van der Waals surface area contributed by atoms with Crippen molar-refractivity contribution in [1.82, 2.24) is 0 Å². The molecule has 0 spiro atoms. The number of allylic oxidation sites excluding steroid dienone is 2. The van der Waals surface area contributed by atoms with Crippen molar-refractivity contribution in [3.8, 4) is 0 Å². The van der Waals surface area contributed by atoms with Crippen LogP contribution in [-0.4, -0.2) is 11.2 Å². The molecule has 1 saturated carbocycles. The highest BCUT2D eigenvalue weighted by atomic mass is 16.3. The molecule has 2 aliphatic rings. The molecule has 0 heterocycles. The zero-order valence-corrected chi connectivity index (χ0v) is 12.6. The molecule has 0 radical (unpaired) electrons. The van der Waals surface area contributed by atoms with Crippen LogP contribution in [0.3, 0.4) is 0 Å². The molecule has 0 aromatic carbocycles. The Labute approximate surface area is 113 Å². The molecule has 5 unspecified atom stereocenters. The van der Waals surface area contributed by atoms with Crippen LogP contribution in [0.5, 0.6) is 0 Å². The molecule has 1 N–H and O–H groups in total. The fraction of sp³-hybridized carbons (Fsp3) is 0.882. The Bertz CT molecular complexity index is 320. The zero-order valence-electron chi connectivity index (χ0n) is 12.6. The summed E-state index contributed by atoms with van der Waals surface area (Å²) in [4.78, 5) is 0. The molecule has 104 valence electrons. The Morgan fingerprint density at radius 2 is 2.17 bits per heavy atom. The van der Waals surface area contributed by atoms with E-state index in [0.717, 1.165) is 12.3 Å². The van der Waals surface area contributed by atoms with Gasteiger partial charge >= 0.3 is 0 Å². The van der Waals surface area contributed by atoms with Crippen LogP contribution in [-0.2, 0) is 0 Å². The summed E-state index contributed by atoms with van der Waals surface area (Å²) in [5.74, 6) is 1.98. The summed E-state index contributed by atoms with van der Waals surface area (Å²) < 4.78 is 0. The predicted octanol–water partition coefficient (Wildman–Crippen LogP) is 4.56. The Balaban J connectivity index is 2.12. The Kier molecular flexibility index (Phi) is 4.21. The molecule has 0 aromatic rings. The summed E-state index contributed by atoms with van der Waals surface area (Å²) in [5.41, 5.74) is 2.14. The maximum absolute atomic E-state index is 10.1. The smallest absolute Gasteiger partial charge is 0.0565 e. The van der Waals surface area contributed by atoms with Gasteiger partial charge in [-0.25, -0.2) is 0 Å². The first-order valence-corrected chi connectivity index (χ1v) is 7.86. The van der Waals surface area contributed by atoms with E-state index < -0.39 is 0 Å². The van der Waals surface area contributed by atoms with Crippen molar-refractivity contribution >= 4 is 0 Å². The van der Waals surface area contributed by atoms with Crippen LogP contribution in [0, 0.1) is 23.2 Å². The molecule has 0 aromatic heterocycles. The third-order valence-electron chi connectivity index (χ3n) is 6.05. The molecular formula is C17H30O. The van der Waals surface area contributed by atoms with Crippen LogP contribution < -0.4 is 0 Å². The van der Waals surface area contributed by atoms with Gasteiger partial charge in [0.2, 0.25) is 0 Å². The lowest BCUT2D eigenvalue weighted by atomic mass is 9.56. The van der Waals surface area contributed by atoms with Gasteiger partial charge in [0.05, 0.1) is 6.10 Å². The van der Waals surface area contributed by atoms with Gasteiger partial charge in [-0.3, -0.25) is 0 Å². The predicted molar refractivity (Wildman–Crippen MR) is 77.4 cm³/mol. The van der Waals surface area contributed by atoms with Gasteiger partial charge in [0.15, 0.2) is 0 Å². The minimum atomic E-state index is -0.108. The van der Waals surface area contributed by atoms with E-state index in [4.69, 9.17) is 0 Å². The summed E-state index contributed by atoms with van der Waals surface area (Å²) in [6.07, 6.45) is 9.77. The lowest BCUT2D eigenvalue weighted by Gasteiger charge is -2.49. The van der Waals surface area contributed by atoms with Gasteiger partial charge in [0.25, 0.3) is 0 Å². The second-order valence-corrected chi connectivity index (χ2v) is 6.96. The quantitative estimate of drug-likeness (QED) is 0.728. The molecule has 0 bridgehead atoms. The molecule has 5 atom stereocenters. The number of aliphatic hydroxyl groups is 1. The normalized spacial score (nSPS) is 39.7. The number of hydrogen-bond donors (Lipinski definition) is 1. The first-order chi connectivity index (χ1) is 8.49. The van der Waals surface area contributed by atoms with Gasteiger partial charge in [-0.2, -0.15) is 0 Å². The second-order valence-electron chi connectivity index (χ2n) is 6.96. The highest BCUT2D eigenvalue weighted by molar-refractivity contribution is 5.21. The topological polar surface area (TPSA) is 20.2 Å². The van der Waals surface area contributed by atoms with Gasteiger partial charge in [-0.1, -0.05) is 39.3 Å². The molecule has 1 nitrogen and oxygen atoms in total. The van der Waals surface area contributed by atoms with Crippen molar-refractivity contribution in [2.75, 3.05) is 0 Å². The molecule has 18 heavy (non-hydrogen) atoms. The van der Waals surface area contributed by atoms with Crippen molar-refractivity contribution < 1.29 is 5.11 Å². The average molecular weight is 250 g/mol. The van der Waals surface area contributed by atoms with Gasteiger partial charge < -0.3 is 5.11 Å². The van der Waals surface area contributed by atoms with Crippen LogP contribution in [0.25, 0.3) is 0 Å². The minimum absolute atomic E-state index is 0.108. The lowest BCUT2D eigenvalue weighted by molar-refractivity contribution is 0.0366. The van der Waals surface area contributed by atoms with E-state index in [1.54, 1.807) is 5.57 Å². The highest BCUT2D eigenvalue weighted by Crippen LogP contribution is 2.53. The molecule has 2 aliphatic carbocycles. The lowest BCUT2D eigenvalue weighted by Crippen LogP contribution is -2.39. The van der Waals surface area contributed by atoms with Gasteiger partial charge in [-0.05, 0) is 61.7 Å². The summed E-state index contributed by atoms with van der Waals surface area (Å²) in [6.45, 7) is 9.25. The summed E-state index contributed by atoms with van der Waals surface area (Å²) in [7, 11) is 0. The maximum Gasteiger partial charge on any atom is 0.0565 e. The van der Waals surface area contributed by atoms with E-state index in [9.17, 15) is 5.11 Å².